The number of allylic oxidation sites excluding steroid dienone is 2. The number of hydrogen-bond donors (Lipinski definition) is 2. The Kier molecular flexibility index (Phi) is 5.34. The number of carbonyl (C=O) groups excluding carboxylic acids is 1. The Bertz CT molecular complexity index is 353. The van der Waals surface area contributed by atoms with Gasteiger partial charge in [0.15, 0.2) is 0 Å². The fraction of sp³-hybridized carbons (Fsp3) is 0.636. The van der Waals surface area contributed by atoms with E-state index in [2.05, 4.69) is 5.32 Å². The highest BCUT2D eigenvalue weighted by Crippen LogP contribution is 2.25. The van der Waals surface area contributed by atoms with E-state index >= 15 is 0 Å². The van der Waals surface area contributed by atoms with Crippen molar-refractivity contribution in [2.75, 3.05) is 18.6 Å². The number of aliphatic carboxylic acids is 1. The van der Waals surface area contributed by atoms with E-state index in [1.54, 1.807) is 12.3 Å². The minimum atomic E-state index is -0.949. The van der Waals surface area contributed by atoms with Crippen molar-refractivity contribution in [3.05, 3.63) is 12.2 Å². The molecule has 0 radical (unpaired) electrons. The van der Waals surface area contributed by atoms with Crippen molar-refractivity contribution < 1.29 is 18.9 Å². The summed E-state index contributed by atoms with van der Waals surface area (Å²) >= 11 is 0. The number of carboxylic acid groups (broad SMARTS) is 1. The molecule has 17 heavy (non-hydrogen) atoms. The van der Waals surface area contributed by atoms with E-state index in [9.17, 15) is 13.8 Å². The molecule has 0 aromatic rings. The lowest BCUT2D eigenvalue weighted by atomic mass is 9.82. The lowest BCUT2D eigenvalue weighted by Crippen LogP contribution is -2.40. The van der Waals surface area contributed by atoms with Gasteiger partial charge in [0, 0.05) is 29.4 Å². The quantitative estimate of drug-likeness (QED) is 0.688. The number of carboxylic acids is 1. The van der Waals surface area contributed by atoms with Gasteiger partial charge in [0.2, 0.25) is 5.91 Å². The van der Waals surface area contributed by atoms with Gasteiger partial charge in [-0.2, -0.15) is 0 Å². The molecule has 3 atom stereocenters. The first-order valence-electron chi connectivity index (χ1n) is 5.48. The van der Waals surface area contributed by atoms with Crippen LogP contribution in [0, 0.1) is 11.8 Å². The van der Waals surface area contributed by atoms with Crippen LogP contribution in [-0.2, 0) is 20.4 Å². The molecular weight excluding hydrogens is 242 g/mol. The minimum absolute atomic E-state index is 0.257. The zero-order valence-corrected chi connectivity index (χ0v) is 10.5. The maximum atomic E-state index is 11.8. The minimum Gasteiger partial charge on any atom is -0.481 e. The first-order chi connectivity index (χ1) is 8.02. The molecule has 0 spiro atoms. The molecule has 0 aromatic heterocycles. The number of hydrogen-bond acceptors (Lipinski definition) is 3. The Hall–Kier alpha value is -1.17. The summed E-state index contributed by atoms with van der Waals surface area (Å²) in [6.07, 6.45) is 6.05. The summed E-state index contributed by atoms with van der Waals surface area (Å²) in [5, 5.41) is 11.6. The second-order valence-corrected chi connectivity index (χ2v) is 5.62. The Morgan fingerprint density at radius 2 is 1.94 bits per heavy atom. The molecule has 0 saturated carbocycles. The normalized spacial score (nSPS) is 25.2. The summed E-state index contributed by atoms with van der Waals surface area (Å²) in [6, 6.07) is 0. The van der Waals surface area contributed by atoms with Crippen LogP contribution in [-0.4, -0.2) is 39.7 Å². The molecule has 6 heteroatoms. The summed E-state index contributed by atoms with van der Waals surface area (Å²) in [4.78, 5) is 22.8. The van der Waals surface area contributed by atoms with Crippen molar-refractivity contribution >= 4 is 22.7 Å². The maximum absolute atomic E-state index is 11.8. The third-order valence-corrected chi connectivity index (χ3v) is 3.55. The Balaban J connectivity index is 2.51. The van der Waals surface area contributed by atoms with Crippen LogP contribution in [0.5, 0.6) is 0 Å². The van der Waals surface area contributed by atoms with E-state index in [1.807, 2.05) is 6.08 Å². The van der Waals surface area contributed by atoms with Gasteiger partial charge >= 0.3 is 5.97 Å². The van der Waals surface area contributed by atoms with E-state index in [-0.39, 0.29) is 5.91 Å². The monoisotopic (exact) mass is 259 g/mol. The van der Waals surface area contributed by atoms with E-state index in [4.69, 9.17) is 5.11 Å². The maximum Gasteiger partial charge on any atom is 0.307 e. The molecule has 0 saturated heterocycles. The van der Waals surface area contributed by atoms with Gasteiger partial charge in [0.05, 0.1) is 11.8 Å². The molecule has 5 nitrogen and oxygen atoms in total. The molecule has 96 valence electrons. The predicted molar refractivity (Wildman–Crippen MR) is 64.9 cm³/mol. The van der Waals surface area contributed by atoms with Crippen molar-refractivity contribution in [2.24, 2.45) is 11.8 Å². The SMILES string of the molecule is CS(=O)CCNC(=O)C1CC=CCC1C(=O)O. The fourth-order valence-electron chi connectivity index (χ4n) is 1.83. The highest BCUT2D eigenvalue weighted by atomic mass is 32.2. The first kappa shape index (κ1) is 13.9. The van der Waals surface area contributed by atoms with Crippen molar-refractivity contribution in [1.82, 2.24) is 5.32 Å². The van der Waals surface area contributed by atoms with Crippen molar-refractivity contribution in [1.29, 1.82) is 0 Å². The van der Waals surface area contributed by atoms with Crippen LogP contribution in [0.3, 0.4) is 0 Å². The topological polar surface area (TPSA) is 83.5 Å². The van der Waals surface area contributed by atoms with Crippen molar-refractivity contribution in [3.63, 3.8) is 0 Å². The summed E-state index contributed by atoms with van der Waals surface area (Å²) in [7, 11) is -0.949. The summed E-state index contributed by atoms with van der Waals surface area (Å²) in [5.41, 5.74) is 0. The van der Waals surface area contributed by atoms with Gasteiger partial charge in [-0.25, -0.2) is 0 Å². The molecule has 0 aromatic carbocycles. The summed E-state index contributed by atoms with van der Waals surface area (Å²) in [5.74, 6) is -1.96. The zero-order valence-electron chi connectivity index (χ0n) is 9.72. The van der Waals surface area contributed by atoms with Gasteiger partial charge in [-0.1, -0.05) is 12.2 Å². The van der Waals surface area contributed by atoms with Crippen molar-refractivity contribution in [3.8, 4) is 0 Å². The van der Waals surface area contributed by atoms with Crippen LogP contribution in [0.15, 0.2) is 12.2 Å². The van der Waals surface area contributed by atoms with Crippen LogP contribution >= 0.6 is 0 Å². The molecule has 2 N–H and O–H groups in total. The average Bonchev–Trinajstić information content (AvgIpc) is 2.28. The Labute approximate surface area is 103 Å². The molecule has 0 bridgehead atoms. The lowest BCUT2D eigenvalue weighted by molar-refractivity contribution is -0.147. The first-order valence-corrected chi connectivity index (χ1v) is 7.20. The Morgan fingerprint density at radius 1 is 1.35 bits per heavy atom. The molecule has 1 rings (SSSR count). The van der Waals surface area contributed by atoms with Gasteiger partial charge in [-0.05, 0) is 12.8 Å². The molecule has 1 aliphatic carbocycles. The standard InChI is InChI=1S/C11H17NO4S/c1-17(16)7-6-12-10(13)8-4-2-3-5-9(8)11(14)15/h2-3,8-9H,4-7H2,1H3,(H,12,13)(H,14,15). The highest BCUT2D eigenvalue weighted by Gasteiger charge is 2.33. The largest absolute Gasteiger partial charge is 0.481 e. The smallest absolute Gasteiger partial charge is 0.307 e. The number of nitrogens with one attached hydrogen (secondary N) is 1. The molecule has 0 aliphatic heterocycles. The molecular formula is C11H17NO4S. The fourth-order valence-corrected chi connectivity index (χ4v) is 2.22. The van der Waals surface area contributed by atoms with E-state index in [0.29, 0.717) is 25.1 Å². The van der Waals surface area contributed by atoms with Crippen LogP contribution < -0.4 is 5.32 Å². The average molecular weight is 259 g/mol. The zero-order chi connectivity index (χ0) is 12.8. The van der Waals surface area contributed by atoms with Crippen LogP contribution in [0.25, 0.3) is 0 Å². The molecule has 1 aliphatic rings. The van der Waals surface area contributed by atoms with Gasteiger partial charge in [0.25, 0.3) is 0 Å². The number of rotatable bonds is 5. The molecule has 3 unspecified atom stereocenters. The number of carbonyl (C=O) groups is 2. The van der Waals surface area contributed by atoms with E-state index in [1.165, 1.54) is 0 Å². The van der Waals surface area contributed by atoms with E-state index in [0.717, 1.165) is 0 Å². The Morgan fingerprint density at radius 3 is 2.47 bits per heavy atom. The highest BCUT2D eigenvalue weighted by molar-refractivity contribution is 7.84. The van der Waals surface area contributed by atoms with Crippen LogP contribution in [0.1, 0.15) is 12.8 Å². The summed E-state index contributed by atoms with van der Waals surface area (Å²) in [6.45, 7) is 0.328. The van der Waals surface area contributed by atoms with Crippen LogP contribution in [0.4, 0.5) is 0 Å². The third kappa shape index (κ3) is 4.30. The van der Waals surface area contributed by atoms with Crippen molar-refractivity contribution in [2.45, 2.75) is 12.8 Å². The van der Waals surface area contributed by atoms with Gasteiger partial charge < -0.3 is 10.4 Å². The number of amides is 1. The predicted octanol–water partition coefficient (Wildman–Crippen LogP) is 0.148. The van der Waals surface area contributed by atoms with Gasteiger partial charge in [-0.15, -0.1) is 0 Å². The van der Waals surface area contributed by atoms with Crippen LogP contribution in [0.2, 0.25) is 0 Å². The molecule has 0 fully saturated rings. The second-order valence-electron chi connectivity index (χ2n) is 4.06. The molecule has 0 heterocycles. The summed E-state index contributed by atoms with van der Waals surface area (Å²) < 4.78 is 10.8. The van der Waals surface area contributed by atoms with E-state index < -0.39 is 28.6 Å². The van der Waals surface area contributed by atoms with Gasteiger partial charge in [0.1, 0.15) is 0 Å². The molecule has 1 amide bonds. The lowest BCUT2D eigenvalue weighted by Gasteiger charge is -2.24. The second kappa shape index (κ2) is 6.54. The third-order valence-electron chi connectivity index (χ3n) is 2.78. The van der Waals surface area contributed by atoms with Gasteiger partial charge in [-0.3, -0.25) is 13.8 Å².